The zero-order valence-electron chi connectivity index (χ0n) is 16.2. The number of rotatable bonds is 6. The molecule has 3 aromatic rings. The first-order valence-corrected chi connectivity index (χ1v) is 9.46. The lowest BCUT2D eigenvalue weighted by molar-refractivity contribution is 0.0419. The van der Waals surface area contributed by atoms with E-state index in [4.69, 9.17) is 4.74 Å². The highest BCUT2D eigenvalue weighted by Gasteiger charge is 2.35. The zero-order valence-corrected chi connectivity index (χ0v) is 16.2. The van der Waals surface area contributed by atoms with Crippen LogP contribution < -0.4 is 0 Å². The molecule has 4 rings (SSSR count). The normalized spacial score (nSPS) is 12.9. The molecule has 0 N–H and O–H groups in total. The van der Waals surface area contributed by atoms with Crippen LogP contribution in [0.5, 0.6) is 0 Å². The molecule has 0 fully saturated rings. The summed E-state index contributed by atoms with van der Waals surface area (Å²) in [6.45, 7) is 1.70. The Morgan fingerprint density at radius 2 is 1.67 bits per heavy atom. The Kier molecular flexibility index (Phi) is 5.14. The number of carbonyl (C=O) groups excluding carboxylic acids is 3. The number of esters is 1. The van der Waals surface area contributed by atoms with Crippen LogP contribution in [0.2, 0.25) is 0 Å². The van der Waals surface area contributed by atoms with Crippen LogP contribution in [0.3, 0.4) is 0 Å². The molecule has 8 heteroatoms. The minimum atomic E-state index is -0.600. The number of amides is 2. The van der Waals surface area contributed by atoms with Gasteiger partial charge in [0.05, 0.1) is 35.2 Å². The number of nitrogens with zero attached hydrogens (tertiary/aromatic N) is 3. The number of hydrogen-bond donors (Lipinski definition) is 0. The van der Waals surface area contributed by atoms with E-state index < -0.39 is 17.8 Å². The van der Waals surface area contributed by atoms with Gasteiger partial charge in [0.1, 0.15) is 18.0 Å². The van der Waals surface area contributed by atoms with Crippen LogP contribution in [0.15, 0.2) is 54.7 Å². The van der Waals surface area contributed by atoms with Crippen molar-refractivity contribution in [2.24, 2.45) is 0 Å². The SMILES string of the molecule is CCc1c(C(=O)OCCN2C(=O)c3ccccc3C2=O)cnn1-c1ccc(F)cc1. The number of halogens is 1. The average Bonchev–Trinajstić information content (AvgIpc) is 3.29. The molecule has 0 unspecified atom stereocenters. The van der Waals surface area contributed by atoms with Crippen molar-refractivity contribution in [3.05, 3.63) is 82.9 Å². The molecule has 1 aliphatic heterocycles. The van der Waals surface area contributed by atoms with Crippen LogP contribution in [0, 0.1) is 5.82 Å². The highest BCUT2D eigenvalue weighted by atomic mass is 19.1. The summed E-state index contributed by atoms with van der Waals surface area (Å²) in [7, 11) is 0. The van der Waals surface area contributed by atoms with Crippen LogP contribution in [-0.2, 0) is 11.2 Å². The fraction of sp³-hybridized carbons (Fsp3) is 0.182. The van der Waals surface area contributed by atoms with E-state index in [0.717, 1.165) is 4.90 Å². The second-order valence-corrected chi connectivity index (χ2v) is 6.69. The molecule has 0 saturated heterocycles. The predicted molar refractivity (Wildman–Crippen MR) is 105 cm³/mol. The molecule has 152 valence electrons. The van der Waals surface area contributed by atoms with Gasteiger partial charge in [0, 0.05) is 0 Å². The molecule has 0 spiro atoms. The zero-order chi connectivity index (χ0) is 21.3. The van der Waals surface area contributed by atoms with Crippen molar-refractivity contribution < 1.29 is 23.5 Å². The number of aromatic nitrogens is 2. The lowest BCUT2D eigenvalue weighted by Gasteiger charge is -2.14. The summed E-state index contributed by atoms with van der Waals surface area (Å²) in [4.78, 5) is 38.3. The number of imide groups is 1. The lowest BCUT2D eigenvalue weighted by atomic mass is 10.1. The van der Waals surface area contributed by atoms with Gasteiger partial charge in [-0.1, -0.05) is 19.1 Å². The standard InChI is InChI=1S/C22H18FN3O4/c1-2-19-18(13-24-26(19)15-9-7-14(23)8-10-15)22(29)30-12-11-25-20(27)16-5-3-4-6-17(16)21(25)28/h3-10,13H,2,11-12H2,1H3. The van der Waals surface area contributed by atoms with Crippen LogP contribution in [0.4, 0.5) is 4.39 Å². The van der Waals surface area contributed by atoms with Crippen molar-refractivity contribution in [2.45, 2.75) is 13.3 Å². The summed E-state index contributed by atoms with van der Waals surface area (Å²) in [6.07, 6.45) is 1.90. The number of fused-ring (bicyclic) bond motifs is 1. The van der Waals surface area contributed by atoms with E-state index in [-0.39, 0.29) is 24.5 Å². The third kappa shape index (κ3) is 3.36. The maximum absolute atomic E-state index is 13.2. The van der Waals surface area contributed by atoms with Crippen LogP contribution >= 0.6 is 0 Å². The predicted octanol–water partition coefficient (Wildman–Crippen LogP) is 3.03. The first kappa shape index (κ1) is 19.5. The van der Waals surface area contributed by atoms with Crippen molar-refractivity contribution in [3.63, 3.8) is 0 Å². The van der Waals surface area contributed by atoms with Crippen molar-refractivity contribution in [3.8, 4) is 5.69 Å². The second-order valence-electron chi connectivity index (χ2n) is 6.69. The molecule has 0 bridgehead atoms. The van der Waals surface area contributed by atoms with Gasteiger partial charge in [-0.2, -0.15) is 5.10 Å². The van der Waals surface area contributed by atoms with Crippen molar-refractivity contribution in [2.75, 3.05) is 13.2 Å². The molecule has 2 heterocycles. The number of carbonyl (C=O) groups is 3. The van der Waals surface area contributed by atoms with Gasteiger partial charge in [0.15, 0.2) is 0 Å². The lowest BCUT2D eigenvalue weighted by Crippen LogP contribution is -2.33. The van der Waals surface area contributed by atoms with Gasteiger partial charge in [-0.05, 0) is 42.8 Å². The van der Waals surface area contributed by atoms with Crippen molar-refractivity contribution in [1.82, 2.24) is 14.7 Å². The molecular formula is C22H18FN3O4. The first-order valence-electron chi connectivity index (χ1n) is 9.46. The highest BCUT2D eigenvalue weighted by Crippen LogP contribution is 2.22. The van der Waals surface area contributed by atoms with E-state index in [2.05, 4.69) is 5.10 Å². The summed E-state index contributed by atoms with van der Waals surface area (Å²) >= 11 is 0. The molecule has 1 aromatic heterocycles. The Balaban J connectivity index is 1.43. The van der Waals surface area contributed by atoms with Gasteiger partial charge < -0.3 is 4.74 Å². The third-order valence-electron chi connectivity index (χ3n) is 4.92. The van der Waals surface area contributed by atoms with Crippen LogP contribution in [0.1, 0.15) is 43.7 Å². The van der Waals surface area contributed by atoms with Gasteiger partial charge in [-0.3, -0.25) is 14.5 Å². The number of hydrogen-bond acceptors (Lipinski definition) is 5. The minimum Gasteiger partial charge on any atom is -0.460 e. The molecule has 0 aliphatic carbocycles. The molecule has 0 radical (unpaired) electrons. The maximum Gasteiger partial charge on any atom is 0.341 e. The van der Waals surface area contributed by atoms with Gasteiger partial charge in [0.2, 0.25) is 0 Å². The van der Waals surface area contributed by atoms with Crippen LogP contribution in [-0.4, -0.2) is 45.6 Å². The Hall–Kier alpha value is -3.81. The highest BCUT2D eigenvalue weighted by molar-refractivity contribution is 6.21. The molecule has 7 nitrogen and oxygen atoms in total. The van der Waals surface area contributed by atoms with E-state index in [0.29, 0.717) is 28.9 Å². The number of benzene rings is 2. The van der Waals surface area contributed by atoms with Gasteiger partial charge in [-0.25, -0.2) is 13.9 Å². The van der Waals surface area contributed by atoms with E-state index in [1.165, 1.54) is 18.3 Å². The second kappa shape index (κ2) is 7.90. The summed E-state index contributed by atoms with van der Waals surface area (Å²) < 4.78 is 20.0. The van der Waals surface area contributed by atoms with E-state index in [1.807, 2.05) is 6.92 Å². The monoisotopic (exact) mass is 407 g/mol. The Labute approximate surface area is 171 Å². The molecule has 30 heavy (non-hydrogen) atoms. The van der Waals surface area contributed by atoms with E-state index in [1.54, 1.807) is 41.1 Å². The topological polar surface area (TPSA) is 81.5 Å². The fourth-order valence-electron chi connectivity index (χ4n) is 3.44. The summed E-state index contributed by atoms with van der Waals surface area (Å²) in [5.74, 6) is -1.76. The molecular weight excluding hydrogens is 389 g/mol. The smallest absolute Gasteiger partial charge is 0.341 e. The molecule has 2 amide bonds. The minimum absolute atomic E-state index is 0.0361. The Morgan fingerprint density at radius 1 is 1.03 bits per heavy atom. The first-order chi connectivity index (χ1) is 14.5. The van der Waals surface area contributed by atoms with Crippen molar-refractivity contribution >= 4 is 17.8 Å². The van der Waals surface area contributed by atoms with Gasteiger partial charge in [-0.15, -0.1) is 0 Å². The maximum atomic E-state index is 13.2. The largest absolute Gasteiger partial charge is 0.460 e. The molecule has 1 aliphatic rings. The Morgan fingerprint density at radius 3 is 2.27 bits per heavy atom. The van der Waals surface area contributed by atoms with Gasteiger partial charge in [0.25, 0.3) is 11.8 Å². The quantitative estimate of drug-likeness (QED) is 0.463. The summed E-state index contributed by atoms with van der Waals surface area (Å²) in [6, 6.07) is 12.3. The average molecular weight is 407 g/mol. The van der Waals surface area contributed by atoms with E-state index in [9.17, 15) is 18.8 Å². The summed E-state index contributed by atoms with van der Waals surface area (Å²) in [5, 5.41) is 4.22. The molecule has 0 saturated carbocycles. The molecule has 0 atom stereocenters. The summed E-state index contributed by atoms with van der Waals surface area (Å²) in [5.41, 5.74) is 2.22. The Bertz CT molecular complexity index is 1100. The number of ether oxygens (including phenoxy) is 1. The fourth-order valence-corrected chi connectivity index (χ4v) is 3.44. The van der Waals surface area contributed by atoms with E-state index >= 15 is 0 Å². The molecule has 2 aromatic carbocycles. The van der Waals surface area contributed by atoms with Crippen LogP contribution in [0.25, 0.3) is 5.69 Å². The third-order valence-corrected chi connectivity index (χ3v) is 4.92. The van der Waals surface area contributed by atoms with Gasteiger partial charge >= 0.3 is 5.97 Å². The van der Waals surface area contributed by atoms with Crippen molar-refractivity contribution in [1.29, 1.82) is 0 Å².